The zero-order valence-electron chi connectivity index (χ0n) is 9.74. The lowest BCUT2D eigenvalue weighted by molar-refractivity contribution is -0.138. The van der Waals surface area contributed by atoms with Crippen LogP contribution in [0, 0.1) is 0 Å². The Morgan fingerprint density at radius 1 is 1.39 bits per heavy atom. The predicted molar refractivity (Wildman–Crippen MR) is 68.7 cm³/mol. The normalized spacial score (nSPS) is 12.9. The van der Waals surface area contributed by atoms with Gasteiger partial charge in [0.15, 0.2) is 0 Å². The number of aliphatic carboxylic acids is 1. The highest BCUT2D eigenvalue weighted by Crippen LogP contribution is 2.04. The van der Waals surface area contributed by atoms with Crippen LogP contribution in [0.4, 0.5) is 0 Å². The number of carboxylic acids is 1. The van der Waals surface area contributed by atoms with Gasteiger partial charge >= 0.3 is 5.97 Å². The van der Waals surface area contributed by atoms with Crippen LogP contribution < -0.4 is 4.72 Å². The second kappa shape index (κ2) is 6.32. The van der Waals surface area contributed by atoms with Gasteiger partial charge in [0.05, 0.1) is 5.75 Å². The van der Waals surface area contributed by atoms with Crippen molar-refractivity contribution >= 4 is 16.0 Å². The molecule has 0 aliphatic rings. The fourth-order valence-electron chi connectivity index (χ4n) is 1.45. The summed E-state index contributed by atoms with van der Waals surface area (Å²) in [5.41, 5.74) is 0.756. The van der Waals surface area contributed by atoms with Crippen LogP contribution in [-0.4, -0.2) is 31.3 Å². The molecule has 0 saturated carbocycles. The molecule has 0 unspecified atom stereocenters. The van der Waals surface area contributed by atoms with Gasteiger partial charge in [-0.3, -0.25) is 4.79 Å². The molecule has 0 heterocycles. The first-order valence-electron chi connectivity index (χ1n) is 5.32. The monoisotopic (exact) mass is 269 g/mol. The maximum Gasteiger partial charge on any atom is 0.322 e. The highest BCUT2D eigenvalue weighted by molar-refractivity contribution is 7.89. The summed E-state index contributed by atoms with van der Waals surface area (Å²) >= 11 is 0. The second-order valence-corrected chi connectivity index (χ2v) is 5.57. The molecule has 0 radical (unpaired) electrons. The van der Waals surface area contributed by atoms with Crippen LogP contribution >= 0.6 is 0 Å². The van der Waals surface area contributed by atoms with Crippen LogP contribution in [0.2, 0.25) is 0 Å². The van der Waals surface area contributed by atoms with Crippen LogP contribution in [0.5, 0.6) is 0 Å². The summed E-state index contributed by atoms with van der Waals surface area (Å²) < 4.78 is 25.1. The maximum absolute atomic E-state index is 11.5. The molecule has 6 heteroatoms. The van der Waals surface area contributed by atoms with Gasteiger partial charge in [0.25, 0.3) is 0 Å². The van der Waals surface area contributed by atoms with Crippen molar-refractivity contribution in [1.29, 1.82) is 0 Å². The van der Waals surface area contributed by atoms with E-state index < -0.39 is 22.0 Å². The minimum atomic E-state index is -3.64. The second-order valence-electron chi connectivity index (χ2n) is 3.77. The summed E-state index contributed by atoms with van der Waals surface area (Å²) in [5, 5.41) is 9.01. The van der Waals surface area contributed by atoms with E-state index in [0.29, 0.717) is 0 Å². The highest BCUT2D eigenvalue weighted by atomic mass is 32.2. The number of rotatable bonds is 7. The van der Waals surface area contributed by atoms with E-state index in [-0.39, 0.29) is 12.2 Å². The van der Waals surface area contributed by atoms with Gasteiger partial charge in [-0.05, 0) is 12.0 Å². The van der Waals surface area contributed by atoms with Crippen molar-refractivity contribution in [3.8, 4) is 0 Å². The molecule has 0 spiro atoms. The van der Waals surface area contributed by atoms with E-state index in [1.54, 1.807) is 30.3 Å². The average Bonchev–Trinajstić information content (AvgIpc) is 2.29. The molecule has 1 rings (SSSR count). The number of hydrogen-bond acceptors (Lipinski definition) is 3. The molecule has 2 N–H and O–H groups in total. The van der Waals surface area contributed by atoms with E-state index in [9.17, 15) is 13.2 Å². The summed E-state index contributed by atoms with van der Waals surface area (Å²) in [5.74, 6) is -1.50. The Bertz CT molecular complexity index is 510. The molecule has 0 saturated heterocycles. The van der Waals surface area contributed by atoms with Gasteiger partial charge in [0.1, 0.15) is 6.04 Å². The fraction of sp³-hybridized carbons (Fsp3) is 0.250. The van der Waals surface area contributed by atoms with E-state index in [4.69, 9.17) is 5.11 Å². The first-order valence-corrected chi connectivity index (χ1v) is 6.97. The van der Waals surface area contributed by atoms with Crippen molar-refractivity contribution in [3.63, 3.8) is 0 Å². The number of benzene rings is 1. The van der Waals surface area contributed by atoms with Crippen LogP contribution in [0.15, 0.2) is 43.0 Å². The third-order valence-corrected chi connectivity index (χ3v) is 3.56. The van der Waals surface area contributed by atoms with E-state index in [2.05, 4.69) is 11.3 Å². The Labute approximate surface area is 106 Å². The summed E-state index contributed by atoms with van der Waals surface area (Å²) in [4.78, 5) is 11.0. The number of carboxylic acid groups (broad SMARTS) is 1. The Kier molecular flexibility index (Phi) is 5.06. The van der Waals surface area contributed by atoms with Gasteiger partial charge in [-0.15, -0.1) is 6.58 Å². The van der Waals surface area contributed by atoms with Crippen LogP contribution in [0.3, 0.4) is 0 Å². The molecular weight excluding hydrogens is 254 g/mol. The molecule has 0 aromatic heterocycles. The molecule has 0 aliphatic heterocycles. The topological polar surface area (TPSA) is 83.5 Å². The molecule has 0 bridgehead atoms. The lowest BCUT2D eigenvalue weighted by atomic mass is 10.1. The van der Waals surface area contributed by atoms with Crippen molar-refractivity contribution in [2.75, 3.05) is 5.75 Å². The standard InChI is InChI=1S/C12H15NO4S/c1-2-8-18(16,17)13-11(12(14)15)9-10-6-4-3-5-7-10/h2-7,11,13H,1,8-9H2,(H,14,15)/t11-/m1/s1. The van der Waals surface area contributed by atoms with Gasteiger partial charge < -0.3 is 5.11 Å². The number of nitrogens with one attached hydrogen (secondary N) is 1. The first kappa shape index (κ1) is 14.4. The van der Waals surface area contributed by atoms with Crippen molar-refractivity contribution in [1.82, 2.24) is 4.72 Å². The molecule has 0 aliphatic carbocycles. The number of sulfonamides is 1. The Morgan fingerprint density at radius 2 is 2.00 bits per heavy atom. The van der Waals surface area contributed by atoms with Crippen molar-refractivity contribution in [2.24, 2.45) is 0 Å². The van der Waals surface area contributed by atoms with Gasteiger partial charge in [0.2, 0.25) is 10.0 Å². The molecule has 0 amide bonds. The largest absolute Gasteiger partial charge is 0.480 e. The van der Waals surface area contributed by atoms with Gasteiger partial charge in [0, 0.05) is 0 Å². The minimum Gasteiger partial charge on any atom is -0.480 e. The van der Waals surface area contributed by atoms with E-state index >= 15 is 0 Å². The minimum absolute atomic E-state index is 0.104. The third-order valence-electron chi connectivity index (χ3n) is 2.24. The van der Waals surface area contributed by atoms with Crippen molar-refractivity contribution < 1.29 is 18.3 Å². The van der Waals surface area contributed by atoms with Crippen LogP contribution in [0.25, 0.3) is 0 Å². The van der Waals surface area contributed by atoms with E-state index in [0.717, 1.165) is 5.56 Å². The molecule has 5 nitrogen and oxygen atoms in total. The molecule has 18 heavy (non-hydrogen) atoms. The fourth-order valence-corrected chi connectivity index (χ4v) is 2.47. The summed E-state index contributed by atoms with van der Waals surface area (Å²) in [6, 6.07) is 7.67. The third kappa shape index (κ3) is 4.68. The number of hydrogen-bond donors (Lipinski definition) is 2. The van der Waals surface area contributed by atoms with E-state index in [1.807, 2.05) is 0 Å². The first-order chi connectivity index (χ1) is 8.44. The zero-order valence-corrected chi connectivity index (χ0v) is 10.6. The lowest BCUT2D eigenvalue weighted by Crippen LogP contribution is -2.43. The smallest absolute Gasteiger partial charge is 0.322 e. The van der Waals surface area contributed by atoms with Gasteiger partial charge in [-0.25, -0.2) is 13.1 Å². The molecule has 1 aromatic rings. The van der Waals surface area contributed by atoms with E-state index in [1.165, 1.54) is 6.08 Å². The molecule has 98 valence electrons. The van der Waals surface area contributed by atoms with Crippen molar-refractivity contribution in [3.05, 3.63) is 48.6 Å². The van der Waals surface area contributed by atoms with Crippen LogP contribution in [0.1, 0.15) is 5.56 Å². The molecule has 1 aromatic carbocycles. The highest BCUT2D eigenvalue weighted by Gasteiger charge is 2.23. The lowest BCUT2D eigenvalue weighted by Gasteiger charge is -2.14. The van der Waals surface area contributed by atoms with Gasteiger partial charge in [-0.2, -0.15) is 0 Å². The Hall–Kier alpha value is -1.66. The Morgan fingerprint density at radius 3 is 2.50 bits per heavy atom. The predicted octanol–water partition coefficient (Wildman–Crippen LogP) is 0.788. The molecule has 1 atom stereocenters. The molecule has 0 fully saturated rings. The van der Waals surface area contributed by atoms with Gasteiger partial charge in [-0.1, -0.05) is 36.4 Å². The summed E-state index contributed by atoms with van der Waals surface area (Å²) in [6.07, 6.45) is 1.32. The average molecular weight is 269 g/mol. The summed E-state index contributed by atoms with van der Waals surface area (Å²) in [6.45, 7) is 3.32. The summed E-state index contributed by atoms with van der Waals surface area (Å²) in [7, 11) is -3.64. The van der Waals surface area contributed by atoms with Crippen molar-refractivity contribution in [2.45, 2.75) is 12.5 Å². The zero-order chi connectivity index (χ0) is 13.6. The SMILES string of the molecule is C=CCS(=O)(=O)N[C@H](Cc1ccccc1)C(=O)O. The maximum atomic E-state index is 11.5. The Balaban J connectivity index is 2.79. The van der Waals surface area contributed by atoms with Crippen LogP contribution in [-0.2, 0) is 21.2 Å². The number of carbonyl (C=O) groups is 1. The molecular formula is C12H15NO4S. The quantitative estimate of drug-likeness (QED) is 0.717.